The summed E-state index contributed by atoms with van der Waals surface area (Å²) in [6, 6.07) is 13.6. The lowest BCUT2D eigenvalue weighted by atomic mass is 10.1. The third kappa shape index (κ3) is 7.08. The highest BCUT2D eigenvalue weighted by Gasteiger charge is 2.12. The minimum Gasteiger partial charge on any atom is -0.494 e. The van der Waals surface area contributed by atoms with Crippen molar-refractivity contribution in [2.75, 3.05) is 32.2 Å². The van der Waals surface area contributed by atoms with Crippen LogP contribution in [0.5, 0.6) is 17.2 Å². The van der Waals surface area contributed by atoms with Gasteiger partial charge in [-0.3, -0.25) is 4.79 Å². The van der Waals surface area contributed by atoms with Gasteiger partial charge >= 0.3 is 5.97 Å². The van der Waals surface area contributed by atoms with Gasteiger partial charge < -0.3 is 24.3 Å². The zero-order valence-corrected chi connectivity index (χ0v) is 17.6. The number of ether oxygens (including phenoxy) is 4. The van der Waals surface area contributed by atoms with Crippen molar-refractivity contribution < 1.29 is 28.5 Å². The normalized spacial score (nSPS) is 10.6. The number of nitrogens with zero attached hydrogens (tertiary/aromatic N) is 1. The summed E-state index contributed by atoms with van der Waals surface area (Å²) < 4.78 is 20.9. The molecule has 0 atom stereocenters. The number of nitriles is 1. The monoisotopic (exact) mass is 424 g/mol. The van der Waals surface area contributed by atoms with E-state index in [1.165, 1.54) is 13.2 Å². The van der Waals surface area contributed by atoms with Gasteiger partial charge in [-0.1, -0.05) is 6.07 Å². The molecule has 0 saturated carbocycles. The van der Waals surface area contributed by atoms with Gasteiger partial charge in [0.25, 0.3) is 5.91 Å². The lowest BCUT2D eigenvalue weighted by molar-refractivity contribution is -0.145. The predicted octanol–water partition coefficient (Wildman–Crippen LogP) is 3.58. The number of esters is 1. The number of methoxy groups -OCH3 is 1. The van der Waals surface area contributed by atoms with Crippen molar-refractivity contribution >= 4 is 23.6 Å². The van der Waals surface area contributed by atoms with E-state index in [4.69, 9.17) is 18.9 Å². The molecule has 2 rings (SSSR count). The number of hydrogen-bond acceptors (Lipinski definition) is 7. The van der Waals surface area contributed by atoms with E-state index in [2.05, 4.69) is 5.32 Å². The topological polar surface area (TPSA) is 107 Å². The Morgan fingerprint density at radius 1 is 1.03 bits per heavy atom. The van der Waals surface area contributed by atoms with Crippen LogP contribution in [0.3, 0.4) is 0 Å². The second-order valence-electron chi connectivity index (χ2n) is 6.09. The van der Waals surface area contributed by atoms with Crippen LogP contribution in [0.15, 0.2) is 48.0 Å². The first-order valence-corrected chi connectivity index (χ1v) is 9.63. The molecule has 0 spiro atoms. The van der Waals surface area contributed by atoms with Crippen molar-refractivity contribution in [2.24, 2.45) is 0 Å². The largest absolute Gasteiger partial charge is 0.494 e. The molecule has 0 aliphatic carbocycles. The molecule has 8 nitrogen and oxygen atoms in total. The Morgan fingerprint density at radius 3 is 2.39 bits per heavy atom. The maximum atomic E-state index is 12.5. The molecule has 0 saturated heterocycles. The minimum absolute atomic E-state index is 0.0869. The second-order valence-corrected chi connectivity index (χ2v) is 6.09. The minimum atomic E-state index is -0.548. The molecule has 1 amide bonds. The van der Waals surface area contributed by atoms with Crippen LogP contribution in [-0.4, -0.2) is 38.8 Å². The van der Waals surface area contributed by atoms with E-state index >= 15 is 0 Å². The maximum Gasteiger partial charge on any atom is 0.344 e. The Hall–Kier alpha value is -3.99. The summed E-state index contributed by atoms with van der Waals surface area (Å²) >= 11 is 0. The molecule has 0 radical (unpaired) electrons. The number of nitrogens with one attached hydrogen (secondary N) is 1. The fourth-order valence-corrected chi connectivity index (χ4v) is 2.55. The molecule has 0 heterocycles. The van der Waals surface area contributed by atoms with E-state index in [0.29, 0.717) is 35.1 Å². The van der Waals surface area contributed by atoms with E-state index in [9.17, 15) is 14.9 Å². The van der Waals surface area contributed by atoms with Crippen LogP contribution in [-0.2, 0) is 14.3 Å². The Balaban J connectivity index is 2.12. The molecule has 0 fully saturated rings. The highest BCUT2D eigenvalue weighted by molar-refractivity contribution is 6.09. The van der Waals surface area contributed by atoms with Gasteiger partial charge in [0.05, 0.1) is 20.3 Å². The zero-order chi connectivity index (χ0) is 22.6. The predicted molar refractivity (Wildman–Crippen MR) is 115 cm³/mol. The van der Waals surface area contributed by atoms with Gasteiger partial charge in [0.15, 0.2) is 18.1 Å². The van der Waals surface area contributed by atoms with Crippen molar-refractivity contribution in [2.45, 2.75) is 13.8 Å². The summed E-state index contributed by atoms with van der Waals surface area (Å²) in [4.78, 5) is 23.9. The number of anilines is 1. The molecule has 0 aromatic heterocycles. The van der Waals surface area contributed by atoms with Crippen LogP contribution >= 0.6 is 0 Å². The van der Waals surface area contributed by atoms with Crippen molar-refractivity contribution in [3.05, 3.63) is 53.6 Å². The number of benzene rings is 2. The Bertz CT molecular complexity index is 977. The fraction of sp³-hybridized carbons (Fsp3) is 0.261. The molecule has 2 aromatic rings. The quantitative estimate of drug-likeness (QED) is 0.353. The van der Waals surface area contributed by atoms with Gasteiger partial charge in [-0.05, 0) is 61.9 Å². The average molecular weight is 424 g/mol. The Kier molecular flexibility index (Phi) is 8.92. The highest BCUT2D eigenvalue weighted by Crippen LogP contribution is 2.29. The average Bonchev–Trinajstić information content (AvgIpc) is 2.78. The maximum absolute atomic E-state index is 12.5. The molecular weight excluding hydrogens is 400 g/mol. The molecule has 1 N–H and O–H groups in total. The lowest BCUT2D eigenvalue weighted by Crippen LogP contribution is -2.15. The van der Waals surface area contributed by atoms with Crippen LogP contribution in [0.2, 0.25) is 0 Å². The SMILES string of the molecule is CCOC(=O)COc1ccc(/C=C(/C#N)C(=O)Nc2ccc(OCC)cc2)cc1OC. The first-order chi connectivity index (χ1) is 15.0. The number of carbonyl (C=O) groups is 2. The molecule has 2 aromatic carbocycles. The Labute approximate surface area is 181 Å². The third-order valence-electron chi connectivity index (χ3n) is 3.94. The summed E-state index contributed by atoms with van der Waals surface area (Å²) in [5.41, 5.74) is 1.00. The molecular formula is C23H24N2O6. The summed E-state index contributed by atoms with van der Waals surface area (Å²) in [6.45, 7) is 4.14. The second kappa shape index (κ2) is 11.9. The van der Waals surface area contributed by atoms with Crippen LogP contribution in [0.4, 0.5) is 5.69 Å². The summed E-state index contributed by atoms with van der Waals surface area (Å²) in [6.07, 6.45) is 1.43. The van der Waals surface area contributed by atoms with E-state index in [0.717, 1.165) is 0 Å². The standard InChI is InChI=1S/C23H24N2O6/c1-4-29-19-9-7-18(8-10-19)25-23(27)17(14-24)12-16-6-11-20(21(13-16)28-3)31-15-22(26)30-5-2/h6-13H,4-5,15H2,1-3H3,(H,25,27)/b17-12-. The fourth-order valence-electron chi connectivity index (χ4n) is 2.55. The van der Waals surface area contributed by atoms with Crippen LogP contribution in [0, 0.1) is 11.3 Å². The number of amides is 1. The van der Waals surface area contributed by atoms with Gasteiger partial charge in [0, 0.05) is 5.69 Å². The van der Waals surface area contributed by atoms with Crippen molar-refractivity contribution in [1.82, 2.24) is 0 Å². The Morgan fingerprint density at radius 2 is 1.77 bits per heavy atom. The van der Waals surface area contributed by atoms with Crippen molar-refractivity contribution in [3.63, 3.8) is 0 Å². The van der Waals surface area contributed by atoms with Gasteiger partial charge in [0.2, 0.25) is 0 Å². The lowest BCUT2D eigenvalue weighted by Gasteiger charge is -2.11. The molecule has 0 bridgehead atoms. The molecule has 0 aliphatic rings. The molecule has 0 aliphatic heterocycles. The van der Waals surface area contributed by atoms with Gasteiger partial charge in [-0.25, -0.2) is 4.79 Å². The molecule has 0 unspecified atom stereocenters. The summed E-state index contributed by atoms with van der Waals surface area (Å²) in [5.74, 6) is 0.334. The van der Waals surface area contributed by atoms with Crippen molar-refractivity contribution in [1.29, 1.82) is 5.26 Å². The number of carbonyl (C=O) groups excluding carboxylic acids is 2. The van der Waals surface area contributed by atoms with Crippen LogP contribution in [0.25, 0.3) is 6.08 Å². The van der Waals surface area contributed by atoms with Gasteiger partial charge in [-0.2, -0.15) is 5.26 Å². The molecule has 31 heavy (non-hydrogen) atoms. The van der Waals surface area contributed by atoms with Crippen LogP contribution < -0.4 is 19.5 Å². The van der Waals surface area contributed by atoms with E-state index < -0.39 is 11.9 Å². The number of hydrogen-bond donors (Lipinski definition) is 1. The molecule has 8 heteroatoms. The smallest absolute Gasteiger partial charge is 0.344 e. The van der Waals surface area contributed by atoms with E-state index in [-0.39, 0.29) is 18.8 Å². The zero-order valence-electron chi connectivity index (χ0n) is 17.6. The summed E-state index contributed by atoms with van der Waals surface area (Å²) in [5, 5.41) is 12.1. The van der Waals surface area contributed by atoms with Crippen LogP contribution in [0.1, 0.15) is 19.4 Å². The highest BCUT2D eigenvalue weighted by atomic mass is 16.6. The van der Waals surface area contributed by atoms with Gasteiger partial charge in [0.1, 0.15) is 17.4 Å². The van der Waals surface area contributed by atoms with E-state index in [1.54, 1.807) is 49.4 Å². The first kappa shape index (κ1) is 23.3. The molecule has 162 valence electrons. The van der Waals surface area contributed by atoms with Crippen molar-refractivity contribution in [3.8, 4) is 23.3 Å². The third-order valence-corrected chi connectivity index (χ3v) is 3.94. The van der Waals surface area contributed by atoms with E-state index in [1.807, 2.05) is 13.0 Å². The number of rotatable bonds is 10. The summed E-state index contributed by atoms with van der Waals surface area (Å²) in [7, 11) is 1.45. The van der Waals surface area contributed by atoms with Gasteiger partial charge in [-0.15, -0.1) is 0 Å². The first-order valence-electron chi connectivity index (χ1n) is 9.63.